The third-order valence-electron chi connectivity index (χ3n) is 1.28. The summed E-state index contributed by atoms with van der Waals surface area (Å²) in [6.07, 6.45) is 5.30. The monoisotopic (exact) mass is 134 g/mol. The number of rotatable bonds is 0. The predicted molar refractivity (Wildman–Crippen MR) is 35.5 cm³/mol. The third-order valence-corrected chi connectivity index (χ3v) is 1.28. The summed E-state index contributed by atoms with van der Waals surface area (Å²) in [5.74, 6) is 0. The number of fused-ring (bicyclic) bond motifs is 1. The van der Waals surface area contributed by atoms with Gasteiger partial charge in [-0.15, -0.1) is 5.10 Å². The van der Waals surface area contributed by atoms with Crippen LogP contribution in [0.2, 0.25) is 0 Å². The van der Waals surface area contributed by atoms with Gasteiger partial charge in [-0.3, -0.25) is 0 Å². The highest BCUT2D eigenvalue weighted by Crippen LogP contribution is 1.96. The first-order chi connectivity index (χ1) is 4.86. The van der Waals surface area contributed by atoms with Crippen molar-refractivity contribution in [1.29, 1.82) is 0 Å². The van der Waals surface area contributed by atoms with E-state index in [1.165, 1.54) is 0 Å². The predicted octanol–water partition coefficient (Wildman–Crippen LogP) is 0.433. The van der Waals surface area contributed by atoms with Crippen LogP contribution < -0.4 is 0 Å². The Morgan fingerprint density at radius 3 is 3.20 bits per heavy atom. The molecule has 0 radical (unpaired) electrons. The van der Waals surface area contributed by atoms with Gasteiger partial charge >= 0.3 is 0 Å². The van der Waals surface area contributed by atoms with Gasteiger partial charge in [0.05, 0.1) is 6.20 Å². The van der Waals surface area contributed by atoms with Crippen LogP contribution in [0.15, 0.2) is 18.6 Å². The lowest BCUT2D eigenvalue weighted by molar-refractivity contribution is 0.841. The van der Waals surface area contributed by atoms with E-state index in [0.29, 0.717) is 0 Å². The van der Waals surface area contributed by atoms with E-state index in [4.69, 9.17) is 0 Å². The van der Waals surface area contributed by atoms with Crippen molar-refractivity contribution in [3.63, 3.8) is 0 Å². The van der Waals surface area contributed by atoms with Gasteiger partial charge in [-0.2, -0.15) is 0 Å². The standard InChI is InChI=1S/C6H6N4/c1-5-2-7-6-3-8-9-10(6)4-5/h2-4H,1H3. The van der Waals surface area contributed by atoms with E-state index >= 15 is 0 Å². The molecule has 0 aromatic carbocycles. The highest BCUT2D eigenvalue weighted by Gasteiger charge is 1.92. The summed E-state index contributed by atoms with van der Waals surface area (Å²) < 4.78 is 1.65. The normalized spacial score (nSPS) is 10.5. The van der Waals surface area contributed by atoms with E-state index in [-0.39, 0.29) is 0 Å². The fourth-order valence-electron chi connectivity index (χ4n) is 0.817. The zero-order chi connectivity index (χ0) is 6.97. The quantitative estimate of drug-likeness (QED) is 0.524. The zero-order valence-corrected chi connectivity index (χ0v) is 5.52. The van der Waals surface area contributed by atoms with Crippen molar-refractivity contribution in [2.45, 2.75) is 6.92 Å². The number of aryl methyl sites for hydroxylation is 1. The van der Waals surface area contributed by atoms with Crippen LogP contribution >= 0.6 is 0 Å². The first kappa shape index (κ1) is 5.34. The van der Waals surface area contributed by atoms with Gasteiger partial charge in [0.25, 0.3) is 0 Å². The van der Waals surface area contributed by atoms with Crippen LogP contribution in [0, 0.1) is 6.92 Å². The molecule has 2 aromatic heterocycles. The lowest BCUT2D eigenvalue weighted by atomic mass is 10.4. The first-order valence-corrected chi connectivity index (χ1v) is 2.99. The number of aromatic nitrogens is 4. The fourth-order valence-corrected chi connectivity index (χ4v) is 0.817. The number of nitrogens with zero attached hydrogens (tertiary/aromatic N) is 4. The Labute approximate surface area is 57.5 Å². The molecule has 0 N–H and O–H groups in total. The maximum Gasteiger partial charge on any atom is 0.175 e. The average Bonchev–Trinajstić information content (AvgIpc) is 2.33. The molecule has 0 saturated heterocycles. The molecule has 0 aliphatic heterocycles. The van der Waals surface area contributed by atoms with Crippen LogP contribution in [0.5, 0.6) is 0 Å². The topological polar surface area (TPSA) is 43.1 Å². The van der Waals surface area contributed by atoms with Gasteiger partial charge < -0.3 is 0 Å². The van der Waals surface area contributed by atoms with E-state index < -0.39 is 0 Å². The van der Waals surface area contributed by atoms with E-state index in [9.17, 15) is 0 Å². The van der Waals surface area contributed by atoms with Crippen molar-refractivity contribution in [2.75, 3.05) is 0 Å². The summed E-state index contributed by atoms with van der Waals surface area (Å²) >= 11 is 0. The lowest BCUT2D eigenvalue weighted by Gasteiger charge is -1.90. The minimum Gasteiger partial charge on any atom is -0.235 e. The van der Waals surface area contributed by atoms with E-state index in [1.807, 2.05) is 13.1 Å². The second-order valence-corrected chi connectivity index (χ2v) is 2.17. The summed E-state index contributed by atoms with van der Waals surface area (Å²) in [6.45, 7) is 1.97. The minimum absolute atomic E-state index is 0.783. The van der Waals surface area contributed by atoms with Crippen LogP contribution in [0.1, 0.15) is 5.56 Å². The molecule has 10 heavy (non-hydrogen) atoms. The summed E-state index contributed by atoms with van der Waals surface area (Å²) in [5, 5.41) is 7.48. The molecule has 0 fully saturated rings. The van der Waals surface area contributed by atoms with Gasteiger partial charge in [-0.1, -0.05) is 5.21 Å². The second kappa shape index (κ2) is 1.76. The van der Waals surface area contributed by atoms with Crippen LogP contribution in [-0.4, -0.2) is 19.8 Å². The molecule has 2 heterocycles. The van der Waals surface area contributed by atoms with Gasteiger partial charge in [-0.25, -0.2) is 9.50 Å². The van der Waals surface area contributed by atoms with Gasteiger partial charge in [0, 0.05) is 12.4 Å². The Morgan fingerprint density at radius 2 is 2.30 bits per heavy atom. The molecule has 0 aliphatic carbocycles. The maximum atomic E-state index is 4.08. The Balaban J connectivity index is 2.86. The van der Waals surface area contributed by atoms with Crippen molar-refractivity contribution < 1.29 is 0 Å². The molecule has 0 bridgehead atoms. The molecular weight excluding hydrogens is 128 g/mol. The summed E-state index contributed by atoms with van der Waals surface area (Å²) in [6, 6.07) is 0. The van der Waals surface area contributed by atoms with Crippen molar-refractivity contribution in [3.05, 3.63) is 24.2 Å². The van der Waals surface area contributed by atoms with Crippen LogP contribution in [0.4, 0.5) is 0 Å². The van der Waals surface area contributed by atoms with Gasteiger partial charge in [-0.05, 0) is 12.5 Å². The van der Waals surface area contributed by atoms with Crippen molar-refractivity contribution >= 4 is 5.65 Å². The summed E-state index contributed by atoms with van der Waals surface area (Å²) in [4.78, 5) is 4.08. The van der Waals surface area contributed by atoms with E-state index in [2.05, 4.69) is 15.3 Å². The third kappa shape index (κ3) is 0.655. The molecule has 0 amide bonds. The molecule has 2 rings (SSSR count). The molecule has 0 unspecified atom stereocenters. The highest BCUT2D eigenvalue weighted by molar-refractivity contribution is 5.32. The molecule has 0 spiro atoms. The smallest absolute Gasteiger partial charge is 0.175 e. The van der Waals surface area contributed by atoms with Crippen LogP contribution in [-0.2, 0) is 0 Å². The van der Waals surface area contributed by atoms with Gasteiger partial charge in [0.15, 0.2) is 5.65 Å². The fraction of sp³-hybridized carbons (Fsp3) is 0.167. The van der Waals surface area contributed by atoms with Crippen LogP contribution in [0.25, 0.3) is 5.65 Å². The Morgan fingerprint density at radius 1 is 1.40 bits per heavy atom. The number of hydrogen-bond acceptors (Lipinski definition) is 3. The Kier molecular flexibility index (Phi) is 0.943. The number of hydrogen-bond donors (Lipinski definition) is 0. The van der Waals surface area contributed by atoms with Crippen molar-refractivity contribution in [1.82, 2.24) is 19.8 Å². The van der Waals surface area contributed by atoms with E-state index in [0.717, 1.165) is 11.2 Å². The molecule has 0 saturated carbocycles. The molecule has 0 atom stereocenters. The molecule has 50 valence electrons. The average molecular weight is 134 g/mol. The molecule has 4 nitrogen and oxygen atoms in total. The second-order valence-electron chi connectivity index (χ2n) is 2.17. The first-order valence-electron chi connectivity index (χ1n) is 2.99. The van der Waals surface area contributed by atoms with Crippen molar-refractivity contribution in [2.24, 2.45) is 0 Å². The lowest BCUT2D eigenvalue weighted by Crippen LogP contribution is -1.89. The minimum atomic E-state index is 0.783. The summed E-state index contributed by atoms with van der Waals surface area (Å²) in [5.41, 5.74) is 1.86. The Bertz CT molecular complexity index is 351. The van der Waals surface area contributed by atoms with Crippen molar-refractivity contribution in [3.8, 4) is 0 Å². The summed E-state index contributed by atoms with van der Waals surface area (Å²) in [7, 11) is 0. The molecule has 2 aromatic rings. The van der Waals surface area contributed by atoms with E-state index in [1.54, 1.807) is 16.9 Å². The van der Waals surface area contributed by atoms with Gasteiger partial charge in [0.1, 0.15) is 0 Å². The largest absolute Gasteiger partial charge is 0.235 e. The molecule has 0 aliphatic rings. The zero-order valence-electron chi connectivity index (χ0n) is 5.52. The molecular formula is C6H6N4. The Hall–Kier alpha value is -1.45. The maximum absolute atomic E-state index is 4.08. The molecule has 4 heteroatoms. The SMILES string of the molecule is Cc1cnc2cnnn2c1. The van der Waals surface area contributed by atoms with Crippen LogP contribution in [0.3, 0.4) is 0 Å². The van der Waals surface area contributed by atoms with Gasteiger partial charge in [0.2, 0.25) is 0 Å². The highest BCUT2D eigenvalue weighted by atomic mass is 15.4.